The fourth-order valence-electron chi connectivity index (χ4n) is 2.18. The van der Waals surface area contributed by atoms with Gasteiger partial charge in [-0.3, -0.25) is 9.69 Å². The fraction of sp³-hybridized carbons (Fsp3) is 0.533. The minimum Gasteiger partial charge on any atom is -0.398 e. The highest BCUT2D eigenvalue weighted by atomic mass is 16.3. The maximum Gasteiger partial charge on any atom is 0.236 e. The van der Waals surface area contributed by atoms with Gasteiger partial charge in [0.15, 0.2) is 0 Å². The number of nitrogen functional groups attached to an aromatic ring is 1. The summed E-state index contributed by atoms with van der Waals surface area (Å²) < 4.78 is 0. The van der Waals surface area contributed by atoms with Crippen molar-refractivity contribution in [3.05, 3.63) is 29.8 Å². The second-order valence-corrected chi connectivity index (χ2v) is 4.91. The SMILES string of the molecule is CCN(CC)C(=O)CN(C)CC(O)c1ccccc1N. The number of carbonyl (C=O) groups excluding carboxylic acids is 1. The highest BCUT2D eigenvalue weighted by molar-refractivity contribution is 5.78. The third-order valence-electron chi connectivity index (χ3n) is 3.36. The first-order chi connectivity index (χ1) is 9.49. The number of nitrogens with two attached hydrogens (primary N) is 1. The number of anilines is 1. The number of benzene rings is 1. The van der Waals surface area contributed by atoms with Crippen molar-refractivity contribution in [3.63, 3.8) is 0 Å². The van der Waals surface area contributed by atoms with E-state index in [-0.39, 0.29) is 5.91 Å². The molecule has 5 heteroatoms. The largest absolute Gasteiger partial charge is 0.398 e. The average molecular weight is 279 g/mol. The molecule has 0 aliphatic rings. The van der Waals surface area contributed by atoms with Crippen molar-refractivity contribution in [1.82, 2.24) is 9.80 Å². The Labute approximate surface area is 121 Å². The molecule has 0 aromatic heterocycles. The number of para-hydroxylation sites is 1. The van der Waals surface area contributed by atoms with Crippen LogP contribution in [0.25, 0.3) is 0 Å². The monoisotopic (exact) mass is 279 g/mol. The normalized spacial score (nSPS) is 12.4. The number of aliphatic hydroxyl groups is 1. The minimum absolute atomic E-state index is 0.0748. The van der Waals surface area contributed by atoms with E-state index in [1.807, 2.05) is 37.9 Å². The summed E-state index contributed by atoms with van der Waals surface area (Å²) in [6.45, 7) is 6.00. The zero-order valence-electron chi connectivity index (χ0n) is 12.5. The number of likely N-dealkylation sites (N-methyl/N-ethyl adjacent to an activating group) is 2. The zero-order valence-corrected chi connectivity index (χ0v) is 12.5. The van der Waals surface area contributed by atoms with E-state index in [0.717, 1.165) is 0 Å². The predicted molar refractivity (Wildman–Crippen MR) is 81.2 cm³/mol. The van der Waals surface area contributed by atoms with Crippen LogP contribution in [0.3, 0.4) is 0 Å². The summed E-state index contributed by atoms with van der Waals surface area (Å²) in [5.41, 5.74) is 7.11. The van der Waals surface area contributed by atoms with Crippen LogP contribution in [0.4, 0.5) is 5.69 Å². The highest BCUT2D eigenvalue weighted by Crippen LogP contribution is 2.20. The summed E-state index contributed by atoms with van der Waals surface area (Å²) in [6.07, 6.45) is -0.689. The first kappa shape index (κ1) is 16.5. The highest BCUT2D eigenvalue weighted by Gasteiger charge is 2.17. The topological polar surface area (TPSA) is 69.8 Å². The maximum absolute atomic E-state index is 12.0. The van der Waals surface area contributed by atoms with Gasteiger partial charge >= 0.3 is 0 Å². The molecule has 1 aromatic rings. The van der Waals surface area contributed by atoms with E-state index in [1.54, 1.807) is 17.0 Å². The molecule has 112 valence electrons. The predicted octanol–water partition coefficient (Wildman–Crippen LogP) is 1.10. The molecule has 0 radical (unpaired) electrons. The zero-order chi connectivity index (χ0) is 15.1. The van der Waals surface area contributed by atoms with Crippen LogP contribution in [0.1, 0.15) is 25.5 Å². The Bertz CT molecular complexity index is 433. The van der Waals surface area contributed by atoms with Crippen LogP contribution >= 0.6 is 0 Å². The quantitative estimate of drug-likeness (QED) is 0.733. The van der Waals surface area contributed by atoms with E-state index >= 15 is 0 Å². The molecule has 0 saturated heterocycles. The molecule has 1 amide bonds. The van der Waals surface area contributed by atoms with Gasteiger partial charge in [-0.1, -0.05) is 18.2 Å². The van der Waals surface area contributed by atoms with E-state index < -0.39 is 6.10 Å². The molecule has 0 fully saturated rings. The Morgan fingerprint density at radius 1 is 1.30 bits per heavy atom. The molecule has 20 heavy (non-hydrogen) atoms. The smallest absolute Gasteiger partial charge is 0.236 e. The number of rotatable bonds is 7. The molecule has 1 atom stereocenters. The van der Waals surface area contributed by atoms with Crippen molar-refractivity contribution in [1.29, 1.82) is 0 Å². The van der Waals surface area contributed by atoms with Gasteiger partial charge in [0.25, 0.3) is 0 Å². The van der Waals surface area contributed by atoms with Crippen molar-refractivity contribution >= 4 is 11.6 Å². The first-order valence-corrected chi connectivity index (χ1v) is 6.98. The lowest BCUT2D eigenvalue weighted by Crippen LogP contribution is -2.40. The van der Waals surface area contributed by atoms with E-state index in [9.17, 15) is 9.90 Å². The number of hydrogen-bond acceptors (Lipinski definition) is 4. The second kappa shape index (κ2) is 7.87. The summed E-state index contributed by atoms with van der Waals surface area (Å²) in [7, 11) is 1.82. The van der Waals surface area contributed by atoms with Gasteiger partial charge in [-0.2, -0.15) is 0 Å². The summed E-state index contributed by atoms with van der Waals surface area (Å²) in [5.74, 6) is 0.0748. The number of amides is 1. The van der Waals surface area contributed by atoms with E-state index in [4.69, 9.17) is 5.73 Å². The van der Waals surface area contributed by atoms with Crippen LogP contribution in [0.5, 0.6) is 0 Å². The number of nitrogens with zero attached hydrogens (tertiary/aromatic N) is 2. The molecule has 1 unspecified atom stereocenters. The van der Waals surface area contributed by atoms with Gasteiger partial charge in [-0.15, -0.1) is 0 Å². The van der Waals surface area contributed by atoms with Gasteiger partial charge in [-0.25, -0.2) is 0 Å². The molecule has 0 spiro atoms. The van der Waals surface area contributed by atoms with Crippen LogP contribution in [0, 0.1) is 0 Å². The molecule has 1 aromatic carbocycles. The second-order valence-electron chi connectivity index (χ2n) is 4.91. The Morgan fingerprint density at radius 3 is 2.45 bits per heavy atom. The Hall–Kier alpha value is -1.59. The van der Waals surface area contributed by atoms with Crippen LogP contribution in [-0.4, -0.2) is 54.0 Å². The molecule has 0 saturated carbocycles. The summed E-state index contributed by atoms with van der Waals surface area (Å²) in [6, 6.07) is 7.24. The lowest BCUT2D eigenvalue weighted by Gasteiger charge is -2.25. The fourth-order valence-corrected chi connectivity index (χ4v) is 2.18. The van der Waals surface area contributed by atoms with Gasteiger partial charge in [0.2, 0.25) is 5.91 Å². The van der Waals surface area contributed by atoms with Crippen molar-refractivity contribution in [2.45, 2.75) is 20.0 Å². The van der Waals surface area contributed by atoms with Crippen molar-refractivity contribution in [2.24, 2.45) is 0 Å². The Kier molecular flexibility index (Phi) is 6.48. The lowest BCUT2D eigenvalue weighted by molar-refractivity contribution is -0.132. The van der Waals surface area contributed by atoms with Gasteiger partial charge in [0.05, 0.1) is 12.6 Å². The number of hydrogen-bond donors (Lipinski definition) is 2. The lowest BCUT2D eigenvalue weighted by atomic mass is 10.1. The average Bonchev–Trinajstić information content (AvgIpc) is 2.40. The van der Waals surface area contributed by atoms with Gasteiger partial charge < -0.3 is 15.7 Å². The van der Waals surface area contributed by atoms with Gasteiger partial charge in [0, 0.05) is 30.9 Å². The standard InChI is InChI=1S/C15H25N3O2/c1-4-18(5-2)15(20)11-17(3)10-14(19)12-8-6-7-9-13(12)16/h6-9,14,19H,4-5,10-11,16H2,1-3H3. The van der Waals surface area contributed by atoms with Gasteiger partial charge in [0.1, 0.15) is 0 Å². The summed E-state index contributed by atoms with van der Waals surface area (Å²) in [5, 5.41) is 10.2. The first-order valence-electron chi connectivity index (χ1n) is 6.98. The third kappa shape index (κ3) is 4.51. The molecule has 0 aliphatic carbocycles. The molecule has 0 heterocycles. The van der Waals surface area contributed by atoms with Gasteiger partial charge in [-0.05, 0) is 27.0 Å². The van der Waals surface area contributed by atoms with Crippen molar-refractivity contribution < 1.29 is 9.90 Å². The number of aliphatic hydroxyl groups excluding tert-OH is 1. The molecule has 0 aliphatic heterocycles. The Balaban J connectivity index is 2.56. The molecule has 0 bridgehead atoms. The van der Waals surface area contributed by atoms with Crippen LogP contribution < -0.4 is 5.73 Å². The van der Waals surface area contributed by atoms with Crippen LogP contribution in [0.15, 0.2) is 24.3 Å². The molecule has 1 rings (SSSR count). The minimum atomic E-state index is -0.689. The van der Waals surface area contributed by atoms with Crippen molar-refractivity contribution in [2.75, 3.05) is 39.0 Å². The van der Waals surface area contributed by atoms with Crippen LogP contribution in [0.2, 0.25) is 0 Å². The molecule has 3 N–H and O–H groups in total. The molecular formula is C15H25N3O2. The number of carbonyl (C=O) groups is 1. The molecule has 5 nitrogen and oxygen atoms in total. The van der Waals surface area contributed by atoms with Crippen LogP contribution in [-0.2, 0) is 4.79 Å². The maximum atomic E-state index is 12.0. The summed E-state index contributed by atoms with van der Waals surface area (Å²) in [4.78, 5) is 15.6. The molecular weight excluding hydrogens is 254 g/mol. The van der Waals surface area contributed by atoms with Crippen molar-refractivity contribution in [3.8, 4) is 0 Å². The summed E-state index contributed by atoms with van der Waals surface area (Å²) >= 11 is 0. The van der Waals surface area contributed by atoms with E-state index in [1.165, 1.54) is 0 Å². The van der Waals surface area contributed by atoms with E-state index in [0.29, 0.717) is 37.4 Å². The van der Waals surface area contributed by atoms with E-state index in [2.05, 4.69) is 0 Å². The Morgan fingerprint density at radius 2 is 1.90 bits per heavy atom. The third-order valence-corrected chi connectivity index (χ3v) is 3.36.